The number of amides is 2. The van der Waals surface area contributed by atoms with Gasteiger partial charge in [0.25, 0.3) is 11.8 Å². The summed E-state index contributed by atoms with van der Waals surface area (Å²) in [6.07, 6.45) is 0. The number of carboxylic acid groups (broad SMARTS) is 1. The fourth-order valence-corrected chi connectivity index (χ4v) is 4.76. The molecule has 12 nitrogen and oxygen atoms in total. The molecule has 14 heteroatoms. The molecule has 0 aliphatic carbocycles. The zero-order valence-electron chi connectivity index (χ0n) is 15.8. The molecular formula is C16H17N5O7S2. The number of nitrogen functional groups attached to an aromatic ring is 1. The number of oxime groups is 1. The average molecular weight is 455 g/mol. The van der Waals surface area contributed by atoms with Crippen LogP contribution in [0, 0.1) is 0 Å². The van der Waals surface area contributed by atoms with Crippen molar-refractivity contribution in [2.24, 2.45) is 5.16 Å². The number of nitrogens with one attached hydrogen (secondary N) is 1. The van der Waals surface area contributed by atoms with Crippen molar-refractivity contribution in [2.75, 3.05) is 25.2 Å². The molecule has 1 fully saturated rings. The van der Waals surface area contributed by atoms with Crippen LogP contribution in [0.15, 0.2) is 21.8 Å². The first-order chi connectivity index (χ1) is 14.2. The summed E-state index contributed by atoms with van der Waals surface area (Å²) in [5, 5.41) is 16.9. The van der Waals surface area contributed by atoms with Gasteiger partial charge < -0.3 is 25.7 Å². The third-order valence-electron chi connectivity index (χ3n) is 4.15. The number of rotatable bonds is 7. The van der Waals surface area contributed by atoms with E-state index in [1.54, 1.807) is 0 Å². The molecule has 3 rings (SSSR count). The molecule has 0 saturated carbocycles. The van der Waals surface area contributed by atoms with Gasteiger partial charge in [0.15, 0.2) is 10.8 Å². The fraction of sp³-hybridized carbons (Fsp3) is 0.375. The van der Waals surface area contributed by atoms with E-state index < -0.39 is 35.2 Å². The summed E-state index contributed by atoms with van der Waals surface area (Å²) >= 11 is 2.35. The number of anilines is 1. The lowest BCUT2D eigenvalue weighted by Gasteiger charge is -2.49. The van der Waals surface area contributed by atoms with Gasteiger partial charge in [0, 0.05) is 23.6 Å². The molecule has 2 aliphatic heterocycles. The Hall–Kier alpha value is -3.13. The van der Waals surface area contributed by atoms with E-state index in [1.807, 2.05) is 0 Å². The third kappa shape index (κ3) is 4.09. The number of hydrogen-bond acceptors (Lipinski definition) is 11. The second-order valence-electron chi connectivity index (χ2n) is 6.09. The Balaban J connectivity index is 1.77. The number of nitrogens with two attached hydrogens (primary N) is 1. The molecule has 1 saturated heterocycles. The van der Waals surface area contributed by atoms with Crippen molar-refractivity contribution in [1.82, 2.24) is 15.2 Å². The highest BCUT2D eigenvalue weighted by Crippen LogP contribution is 2.40. The molecule has 4 N–H and O–H groups in total. The standard InChI is InChI=1S/C16H17N5O7S2/c1-6(22)28-3-7-4-29-14-10(13(24)21(14)11(7)15(25)26)19-12(23)9(20-27-2)8-5-30-16(17)18-8/h5,10,14H,3-4H2,1-2H3,(H2,17,18)(H,19,23)(H,25,26)/b20-9+/t10?,14-/m1/s1. The Bertz CT molecular complexity index is 973. The van der Waals surface area contributed by atoms with E-state index in [0.717, 1.165) is 16.2 Å². The first-order valence-corrected chi connectivity index (χ1v) is 10.3. The number of β-lactam (4-membered cyclic amide) rings is 1. The molecule has 0 radical (unpaired) electrons. The maximum atomic E-state index is 12.7. The summed E-state index contributed by atoms with van der Waals surface area (Å²) in [7, 11) is 1.25. The molecule has 1 aromatic heterocycles. The predicted molar refractivity (Wildman–Crippen MR) is 106 cm³/mol. The number of carbonyl (C=O) groups excluding carboxylic acids is 3. The van der Waals surface area contributed by atoms with Crippen molar-refractivity contribution >= 4 is 57.7 Å². The molecule has 0 bridgehead atoms. The number of esters is 1. The van der Waals surface area contributed by atoms with Gasteiger partial charge in [-0.25, -0.2) is 9.78 Å². The molecule has 0 spiro atoms. The van der Waals surface area contributed by atoms with Gasteiger partial charge >= 0.3 is 11.9 Å². The van der Waals surface area contributed by atoms with Crippen LogP contribution >= 0.6 is 23.1 Å². The van der Waals surface area contributed by atoms with Crippen molar-refractivity contribution in [3.05, 3.63) is 22.3 Å². The largest absolute Gasteiger partial charge is 0.477 e. The molecule has 2 atom stereocenters. The summed E-state index contributed by atoms with van der Waals surface area (Å²) in [6.45, 7) is 0.975. The van der Waals surface area contributed by atoms with E-state index in [2.05, 4.69) is 20.3 Å². The molecule has 3 heterocycles. The number of fused-ring (bicyclic) bond motifs is 1. The molecular weight excluding hydrogens is 438 g/mol. The second kappa shape index (κ2) is 8.71. The number of aromatic nitrogens is 1. The average Bonchev–Trinajstić information content (AvgIpc) is 3.13. The van der Waals surface area contributed by atoms with Crippen molar-refractivity contribution in [1.29, 1.82) is 0 Å². The maximum absolute atomic E-state index is 12.7. The SMILES string of the molecule is CO/N=C(/C(=O)NC1C(=O)N2C(C(=O)O)=C(COC(C)=O)CS[C@H]12)c1csc(N)n1. The van der Waals surface area contributed by atoms with Gasteiger partial charge in [-0.2, -0.15) is 0 Å². The summed E-state index contributed by atoms with van der Waals surface area (Å²) < 4.78 is 4.88. The van der Waals surface area contributed by atoms with Gasteiger partial charge in [0.1, 0.15) is 36.5 Å². The van der Waals surface area contributed by atoms with Crippen LogP contribution in [-0.4, -0.2) is 75.3 Å². The van der Waals surface area contributed by atoms with Gasteiger partial charge in [0.2, 0.25) is 0 Å². The minimum Gasteiger partial charge on any atom is -0.477 e. The molecule has 1 unspecified atom stereocenters. The zero-order chi connectivity index (χ0) is 22.0. The summed E-state index contributed by atoms with van der Waals surface area (Å²) in [5.74, 6) is -2.98. The van der Waals surface area contributed by atoms with Crippen molar-refractivity contribution in [2.45, 2.75) is 18.3 Å². The van der Waals surface area contributed by atoms with Crippen LogP contribution in [0.5, 0.6) is 0 Å². The van der Waals surface area contributed by atoms with Crippen LogP contribution in [0.3, 0.4) is 0 Å². The maximum Gasteiger partial charge on any atom is 0.352 e. The van der Waals surface area contributed by atoms with Gasteiger partial charge in [-0.05, 0) is 0 Å². The quantitative estimate of drug-likeness (QED) is 0.208. The van der Waals surface area contributed by atoms with E-state index in [1.165, 1.54) is 31.2 Å². The van der Waals surface area contributed by atoms with Crippen molar-refractivity contribution in [3.8, 4) is 0 Å². The van der Waals surface area contributed by atoms with Crippen LogP contribution in [0.25, 0.3) is 0 Å². The van der Waals surface area contributed by atoms with Crippen LogP contribution in [0.1, 0.15) is 12.6 Å². The van der Waals surface area contributed by atoms with Crippen LogP contribution in [-0.2, 0) is 28.8 Å². The normalized spacial score (nSPS) is 20.9. The Kier molecular flexibility index (Phi) is 6.26. The minimum absolute atomic E-state index is 0.165. The number of aliphatic carboxylic acids is 1. The summed E-state index contributed by atoms with van der Waals surface area (Å²) in [6, 6.07) is -0.967. The molecule has 160 valence electrons. The Morgan fingerprint density at radius 2 is 2.20 bits per heavy atom. The highest BCUT2D eigenvalue weighted by molar-refractivity contribution is 8.00. The van der Waals surface area contributed by atoms with E-state index in [4.69, 9.17) is 10.5 Å². The summed E-state index contributed by atoms with van der Waals surface area (Å²) in [5.41, 5.74) is 5.67. The molecule has 30 heavy (non-hydrogen) atoms. The number of hydrogen-bond donors (Lipinski definition) is 3. The molecule has 2 amide bonds. The number of carbonyl (C=O) groups is 4. The monoisotopic (exact) mass is 455 g/mol. The van der Waals surface area contributed by atoms with Crippen LogP contribution in [0.4, 0.5) is 5.13 Å². The highest BCUT2D eigenvalue weighted by atomic mass is 32.2. The van der Waals surface area contributed by atoms with Crippen LogP contribution in [0.2, 0.25) is 0 Å². The number of carboxylic acids is 1. The topological polar surface area (TPSA) is 174 Å². The minimum atomic E-state index is -1.32. The van der Waals surface area contributed by atoms with Gasteiger partial charge in [-0.1, -0.05) is 5.16 Å². The number of nitrogens with zero attached hydrogens (tertiary/aromatic N) is 3. The number of thioether (sulfide) groups is 1. The first kappa shape index (κ1) is 21.6. The predicted octanol–water partition coefficient (Wildman–Crippen LogP) is -0.622. The van der Waals surface area contributed by atoms with Crippen LogP contribution < -0.4 is 11.1 Å². The van der Waals surface area contributed by atoms with Gasteiger partial charge in [0.05, 0.1) is 0 Å². The number of ether oxygens (including phenoxy) is 1. The Labute approximate surface area is 178 Å². The first-order valence-electron chi connectivity index (χ1n) is 8.41. The molecule has 1 aromatic rings. The summed E-state index contributed by atoms with van der Waals surface area (Å²) in [4.78, 5) is 57.8. The highest BCUT2D eigenvalue weighted by Gasteiger charge is 2.54. The van der Waals surface area contributed by atoms with Crippen molar-refractivity contribution < 1.29 is 33.9 Å². The van der Waals surface area contributed by atoms with E-state index in [0.29, 0.717) is 5.57 Å². The fourth-order valence-electron chi connectivity index (χ4n) is 2.88. The van der Waals surface area contributed by atoms with Gasteiger partial charge in [-0.3, -0.25) is 19.3 Å². The van der Waals surface area contributed by atoms with Gasteiger partial charge in [-0.15, -0.1) is 23.1 Å². The number of thiazole rings is 1. The van der Waals surface area contributed by atoms with E-state index in [-0.39, 0.29) is 34.6 Å². The lowest BCUT2D eigenvalue weighted by Crippen LogP contribution is -2.71. The lowest BCUT2D eigenvalue weighted by atomic mass is 10.0. The third-order valence-corrected chi connectivity index (χ3v) is 6.16. The van der Waals surface area contributed by atoms with Crippen molar-refractivity contribution in [3.63, 3.8) is 0 Å². The van der Waals surface area contributed by atoms with E-state index >= 15 is 0 Å². The smallest absolute Gasteiger partial charge is 0.352 e. The molecule has 0 aromatic carbocycles. The van der Waals surface area contributed by atoms with E-state index in [9.17, 15) is 24.3 Å². The lowest BCUT2D eigenvalue weighted by molar-refractivity contribution is -0.150. The zero-order valence-corrected chi connectivity index (χ0v) is 17.4. The Morgan fingerprint density at radius 1 is 1.47 bits per heavy atom. The second-order valence-corrected chi connectivity index (χ2v) is 8.09. The molecule has 2 aliphatic rings. The Morgan fingerprint density at radius 3 is 2.77 bits per heavy atom.